The molecule has 0 heterocycles. The number of hydrogen-bond donors (Lipinski definition) is 1. The van der Waals surface area contributed by atoms with Crippen LogP contribution in [0, 0.1) is 10.1 Å². The fourth-order valence-corrected chi connectivity index (χ4v) is 2.04. The summed E-state index contributed by atoms with van der Waals surface area (Å²) in [6, 6.07) is 4.24. The molecule has 19 heavy (non-hydrogen) atoms. The summed E-state index contributed by atoms with van der Waals surface area (Å²) in [6.45, 7) is 3.21. The third-order valence-corrected chi connectivity index (χ3v) is 2.85. The number of amides is 1. The van der Waals surface area contributed by atoms with E-state index in [4.69, 9.17) is 0 Å². The first-order chi connectivity index (χ1) is 8.61. The highest BCUT2D eigenvalue weighted by molar-refractivity contribution is 9.10. The molecule has 1 rings (SSSR count). The smallest absolute Gasteiger partial charge is 0.283 e. The van der Waals surface area contributed by atoms with Crippen LogP contribution in [-0.4, -0.2) is 40.0 Å². The van der Waals surface area contributed by atoms with Gasteiger partial charge in [-0.1, -0.05) is 15.9 Å². The standard InChI is InChI=1S/C12H15BrN2O4/c1-12(2,17)7-14(3)11(16)9-5-4-8(13)6-10(9)15(18)19/h4-6,17H,7H2,1-3H3. The molecule has 1 N–H and O–H groups in total. The highest BCUT2D eigenvalue weighted by Crippen LogP contribution is 2.24. The molecule has 0 aromatic heterocycles. The molecule has 0 saturated heterocycles. The molecular weight excluding hydrogens is 316 g/mol. The van der Waals surface area contributed by atoms with Gasteiger partial charge >= 0.3 is 0 Å². The second-order valence-electron chi connectivity index (χ2n) is 4.89. The van der Waals surface area contributed by atoms with E-state index in [0.717, 1.165) is 0 Å². The van der Waals surface area contributed by atoms with Crippen LogP contribution in [0.2, 0.25) is 0 Å². The number of likely N-dealkylation sites (N-methyl/N-ethyl adjacent to an activating group) is 1. The van der Waals surface area contributed by atoms with Gasteiger partial charge in [0, 0.05) is 24.1 Å². The van der Waals surface area contributed by atoms with Gasteiger partial charge < -0.3 is 10.0 Å². The molecule has 0 unspecified atom stereocenters. The molecule has 1 aromatic rings. The van der Waals surface area contributed by atoms with Gasteiger partial charge in [0.25, 0.3) is 11.6 Å². The van der Waals surface area contributed by atoms with Crippen LogP contribution in [0.3, 0.4) is 0 Å². The van der Waals surface area contributed by atoms with Crippen LogP contribution in [0.25, 0.3) is 0 Å². The van der Waals surface area contributed by atoms with Crippen LogP contribution in [-0.2, 0) is 0 Å². The number of nitrogens with zero attached hydrogens (tertiary/aromatic N) is 2. The number of nitro benzene ring substituents is 1. The number of rotatable bonds is 4. The Hall–Kier alpha value is -1.47. The van der Waals surface area contributed by atoms with Crippen molar-refractivity contribution in [2.24, 2.45) is 0 Å². The minimum atomic E-state index is -1.06. The van der Waals surface area contributed by atoms with Gasteiger partial charge in [0.1, 0.15) is 5.56 Å². The molecule has 0 aliphatic carbocycles. The summed E-state index contributed by atoms with van der Waals surface area (Å²) < 4.78 is 0.529. The minimum absolute atomic E-state index is 0.0000463. The number of carbonyl (C=O) groups excluding carboxylic acids is 1. The molecule has 0 fully saturated rings. The molecular formula is C12H15BrN2O4. The minimum Gasteiger partial charge on any atom is -0.389 e. The summed E-state index contributed by atoms with van der Waals surface area (Å²) in [5.41, 5.74) is -1.32. The van der Waals surface area contributed by atoms with Crippen molar-refractivity contribution < 1.29 is 14.8 Å². The summed E-state index contributed by atoms with van der Waals surface area (Å²) >= 11 is 3.13. The van der Waals surface area contributed by atoms with Crippen molar-refractivity contribution in [3.05, 3.63) is 38.3 Å². The lowest BCUT2D eigenvalue weighted by Crippen LogP contribution is -2.39. The van der Waals surface area contributed by atoms with Gasteiger partial charge in [-0.15, -0.1) is 0 Å². The van der Waals surface area contributed by atoms with Crippen molar-refractivity contribution in [2.75, 3.05) is 13.6 Å². The maximum atomic E-state index is 12.2. The van der Waals surface area contributed by atoms with Gasteiger partial charge in [0.15, 0.2) is 0 Å². The van der Waals surface area contributed by atoms with E-state index in [2.05, 4.69) is 15.9 Å². The van der Waals surface area contributed by atoms with E-state index in [-0.39, 0.29) is 17.8 Å². The van der Waals surface area contributed by atoms with E-state index in [1.54, 1.807) is 19.9 Å². The van der Waals surface area contributed by atoms with Crippen molar-refractivity contribution >= 4 is 27.5 Å². The Balaban J connectivity index is 3.09. The van der Waals surface area contributed by atoms with E-state index in [1.165, 1.54) is 24.1 Å². The van der Waals surface area contributed by atoms with Crippen molar-refractivity contribution in [3.63, 3.8) is 0 Å². The summed E-state index contributed by atoms with van der Waals surface area (Å²) in [5, 5.41) is 20.6. The molecule has 104 valence electrons. The van der Waals surface area contributed by atoms with E-state index < -0.39 is 16.4 Å². The number of nitro groups is 1. The summed E-state index contributed by atoms with van der Waals surface area (Å²) in [7, 11) is 1.49. The highest BCUT2D eigenvalue weighted by Gasteiger charge is 2.26. The van der Waals surface area contributed by atoms with Gasteiger partial charge in [0.05, 0.1) is 10.5 Å². The van der Waals surface area contributed by atoms with Crippen molar-refractivity contribution in [1.29, 1.82) is 0 Å². The molecule has 1 amide bonds. The molecule has 6 nitrogen and oxygen atoms in total. The van der Waals surface area contributed by atoms with E-state index in [9.17, 15) is 20.0 Å². The molecule has 0 spiro atoms. The Morgan fingerprint density at radius 2 is 2.11 bits per heavy atom. The SMILES string of the molecule is CN(CC(C)(C)O)C(=O)c1ccc(Br)cc1[N+](=O)[O-]. The third-order valence-electron chi connectivity index (χ3n) is 2.36. The average Bonchev–Trinajstić information content (AvgIpc) is 2.25. The zero-order valence-electron chi connectivity index (χ0n) is 10.9. The zero-order chi connectivity index (χ0) is 14.8. The lowest BCUT2D eigenvalue weighted by molar-refractivity contribution is -0.385. The Labute approximate surface area is 119 Å². The molecule has 7 heteroatoms. The quantitative estimate of drug-likeness (QED) is 0.677. The lowest BCUT2D eigenvalue weighted by Gasteiger charge is -2.25. The maximum absolute atomic E-state index is 12.2. The Bertz CT molecular complexity index is 511. The van der Waals surface area contributed by atoms with Gasteiger partial charge in [-0.3, -0.25) is 14.9 Å². The Morgan fingerprint density at radius 3 is 2.58 bits per heavy atom. The number of aliphatic hydroxyl groups is 1. The maximum Gasteiger partial charge on any atom is 0.283 e. The predicted molar refractivity (Wildman–Crippen MR) is 74.1 cm³/mol. The van der Waals surface area contributed by atoms with E-state index in [1.807, 2.05) is 0 Å². The monoisotopic (exact) mass is 330 g/mol. The molecule has 0 aliphatic rings. The highest BCUT2D eigenvalue weighted by atomic mass is 79.9. The van der Waals surface area contributed by atoms with Crippen LogP contribution in [0.15, 0.2) is 22.7 Å². The van der Waals surface area contributed by atoms with E-state index >= 15 is 0 Å². The van der Waals surface area contributed by atoms with Crippen molar-refractivity contribution in [2.45, 2.75) is 19.4 Å². The molecule has 0 saturated carbocycles. The molecule has 0 aliphatic heterocycles. The van der Waals surface area contributed by atoms with Gasteiger partial charge in [0.2, 0.25) is 0 Å². The summed E-state index contributed by atoms with van der Waals surface area (Å²) in [4.78, 5) is 23.8. The van der Waals surface area contributed by atoms with Crippen LogP contribution >= 0.6 is 15.9 Å². The van der Waals surface area contributed by atoms with Crippen LogP contribution < -0.4 is 0 Å². The fourth-order valence-electron chi connectivity index (χ4n) is 1.69. The average molecular weight is 331 g/mol. The molecule has 0 bridgehead atoms. The number of benzene rings is 1. The normalized spacial score (nSPS) is 11.2. The van der Waals surface area contributed by atoms with Gasteiger partial charge in [-0.25, -0.2) is 0 Å². The topological polar surface area (TPSA) is 83.7 Å². The number of hydrogen-bond acceptors (Lipinski definition) is 4. The predicted octanol–water partition coefficient (Wildman–Crippen LogP) is 2.20. The number of carbonyl (C=O) groups is 1. The van der Waals surface area contributed by atoms with Crippen molar-refractivity contribution in [3.8, 4) is 0 Å². The van der Waals surface area contributed by atoms with Crippen LogP contribution in [0.4, 0.5) is 5.69 Å². The first kappa shape index (κ1) is 15.6. The van der Waals surface area contributed by atoms with Crippen LogP contribution in [0.5, 0.6) is 0 Å². The molecule has 0 radical (unpaired) electrons. The first-order valence-corrected chi connectivity index (χ1v) is 6.33. The van der Waals surface area contributed by atoms with Crippen molar-refractivity contribution in [1.82, 2.24) is 4.90 Å². The Morgan fingerprint density at radius 1 is 1.53 bits per heavy atom. The zero-order valence-corrected chi connectivity index (χ0v) is 12.5. The van der Waals surface area contributed by atoms with Crippen LogP contribution in [0.1, 0.15) is 24.2 Å². The molecule has 0 atom stereocenters. The second-order valence-corrected chi connectivity index (χ2v) is 5.81. The van der Waals surface area contributed by atoms with E-state index in [0.29, 0.717) is 4.47 Å². The van der Waals surface area contributed by atoms with Gasteiger partial charge in [-0.05, 0) is 26.0 Å². The largest absolute Gasteiger partial charge is 0.389 e. The summed E-state index contributed by atoms with van der Waals surface area (Å²) in [6.07, 6.45) is 0. The van der Waals surface area contributed by atoms with Gasteiger partial charge in [-0.2, -0.15) is 0 Å². The first-order valence-electron chi connectivity index (χ1n) is 5.53. The Kier molecular flexibility index (Phi) is 4.65. The second kappa shape index (κ2) is 5.66. The third kappa shape index (κ3) is 4.29. The molecule has 1 aromatic carbocycles. The summed E-state index contributed by atoms with van der Waals surface area (Å²) in [5.74, 6) is -0.499. The number of halogens is 1. The fraction of sp³-hybridized carbons (Fsp3) is 0.417. The lowest BCUT2D eigenvalue weighted by atomic mass is 10.1.